The second kappa shape index (κ2) is 7.71. The molecule has 1 amide bonds. The monoisotopic (exact) mass is 414 g/mol. The Hall–Kier alpha value is -1.13. The maximum atomic E-state index is 12.9. The minimum absolute atomic E-state index is 0.0528. The minimum Gasteiger partial charge on any atom is -0.383 e. The van der Waals surface area contributed by atoms with E-state index < -0.39 is 9.84 Å². The number of sulfone groups is 1. The van der Waals surface area contributed by atoms with Crippen molar-refractivity contribution in [1.29, 1.82) is 0 Å². The quantitative estimate of drug-likeness (QED) is 0.561. The summed E-state index contributed by atoms with van der Waals surface area (Å²) in [6.45, 7) is 0.815. The van der Waals surface area contributed by atoms with E-state index in [4.69, 9.17) is 4.74 Å². The van der Waals surface area contributed by atoms with Crippen molar-refractivity contribution in [2.45, 2.75) is 55.3 Å². The van der Waals surface area contributed by atoms with E-state index in [2.05, 4.69) is 14.8 Å². The molecule has 0 aromatic carbocycles. The Labute approximate surface area is 163 Å². The number of rotatable bonds is 9. The van der Waals surface area contributed by atoms with Gasteiger partial charge < -0.3 is 14.2 Å². The molecule has 4 rings (SSSR count). The molecule has 27 heavy (non-hydrogen) atoms. The predicted octanol–water partition coefficient (Wildman–Crippen LogP) is 1.24. The van der Waals surface area contributed by atoms with E-state index in [0.29, 0.717) is 31.5 Å². The molecule has 1 atom stereocenters. The van der Waals surface area contributed by atoms with Gasteiger partial charge in [0, 0.05) is 31.7 Å². The Morgan fingerprint density at radius 2 is 2.04 bits per heavy atom. The lowest BCUT2D eigenvalue weighted by molar-refractivity contribution is -0.130. The first kappa shape index (κ1) is 19.2. The molecule has 8 nitrogen and oxygen atoms in total. The van der Waals surface area contributed by atoms with Gasteiger partial charge in [-0.1, -0.05) is 11.8 Å². The standard InChI is InChI=1S/C17H26N4O4S2/c1-25-8-7-20(14-6-9-27(23,24)11-14)15(22)10-26-17-19-18-16(12-2-3-12)21(17)13-4-5-13/h12-14H,2-11H2,1H3/t14-/m0/s1. The zero-order valence-electron chi connectivity index (χ0n) is 15.5. The van der Waals surface area contributed by atoms with Gasteiger partial charge in [-0.3, -0.25) is 4.79 Å². The second-order valence-corrected chi connectivity index (χ2v) is 10.8. The van der Waals surface area contributed by atoms with E-state index in [0.717, 1.165) is 23.8 Å². The van der Waals surface area contributed by atoms with E-state index >= 15 is 0 Å². The van der Waals surface area contributed by atoms with E-state index in [-0.39, 0.29) is 29.2 Å². The minimum atomic E-state index is -3.04. The molecule has 150 valence electrons. The summed E-state index contributed by atoms with van der Waals surface area (Å²) < 4.78 is 31.0. The highest BCUT2D eigenvalue weighted by atomic mass is 32.2. The summed E-state index contributed by atoms with van der Waals surface area (Å²) in [5.41, 5.74) is 0. The summed E-state index contributed by atoms with van der Waals surface area (Å²) >= 11 is 1.42. The number of amides is 1. The molecule has 0 N–H and O–H groups in total. The molecular weight excluding hydrogens is 388 g/mol. The lowest BCUT2D eigenvalue weighted by atomic mass is 10.2. The number of nitrogens with zero attached hydrogens (tertiary/aromatic N) is 4. The number of hydrogen-bond acceptors (Lipinski definition) is 7. The van der Waals surface area contributed by atoms with Crippen LogP contribution in [0.25, 0.3) is 0 Å². The van der Waals surface area contributed by atoms with E-state index in [1.165, 1.54) is 24.6 Å². The number of carbonyl (C=O) groups excluding carboxylic acids is 1. The maximum absolute atomic E-state index is 12.9. The van der Waals surface area contributed by atoms with E-state index in [9.17, 15) is 13.2 Å². The summed E-state index contributed by atoms with van der Waals surface area (Å²) in [4.78, 5) is 14.5. The fourth-order valence-corrected chi connectivity index (χ4v) is 6.24. The van der Waals surface area contributed by atoms with Crippen molar-refractivity contribution in [3.63, 3.8) is 0 Å². The summed E-state index contributed by atoms with van der Waals surface area (Å²) in [7, 11) is -1.46. The third-order valence-corrected chi connectivity index (χ3v) is 8.05. The van der Waals surface area contributed by atoms with Crippen LogP contribution in [0.15, 0.2) is 5.16 Å². The van der Waals surface area contributed by atoms with Crippen LogP contribution in [0.5, 0.6) is 0 Å². The summed E-state index contributed by atoms with van der Waals surface area (Å²) in [5, 5.41) is 9.53. The van der Waals surface area contributed by atoms with Gasteiger partial charge in [0.15, 0.2) is 15.0 Å². The predicted molar refractivity (Wildman–Crippen MR) is 102 cm³/mol. The number of ether oxygens (including phenoxy) is 1. The average Bonchev–Trinajstić information content (AvgIpc) is 3.56. The highest BCUT2D eigenvalue weighted by Gasteiger charge is 2.37. The Morgan fingerprint density at radius 3 is 2.63 bits per heavy atom. The fourth-order valence-electron chi connectivity index (χ4n) is 3.61. The van der Waals surface area contributed by atoms with Crippen LogP contribution >= 0.6 is 11.8 Å². The van der Waals surface area contributed by atoms with Crippen molar-refractivity contribution in [2.24, 2.45) is 0 Å². The molecule has 2 heterocycles. The fraction of sp³-hybridized carbons (Fsp3) is 0.824. The van der Waals surface area contributed by atoms with Crippen LogP contribution in [-0.4, -0.2) is 77.6 Å². The Kier molecular flexibility index (Phi) is 5.48. The molecule has 1 aliphatic heterocycles. The number of carbonyl (C=O) groups is 1. The topological polar surface area (TPSA) is 94.4 Å². The number of hydrogen-bond donors (Lipinski definition) is 0. The average molecular weight is 415 g/mol. The van der Waals surface area contributed by atoms with Crippen LogP contribution in [0, 0.1) is 0 Å². The van der Waals surface area contributed by atoms with Gasteiger partial charge in [0.1, 0.15) is 5.82 Å². The first-order chi connectivity index (χ1) is 13.0. The van der Waals surface area contributed by atoms with Gasteiger partial charge in [-0.2, -0.15) is 0 Å². The number of aromatic nitrogens is 3. The normalized spacial score (nSPS) is 24.3. The molecular formula is C17H26N4O4S2. The van der Waals surface area contributed by atoms with Crippen molar-refractivity contribution < 1.29 is 17.9 Å². The van der Waals surface area contributed by atoms with Crippen LogP contribution in [0.4, 0.5) is 0 Å². The van der Waals surface area contributed by atoms with E-state index in [1.807, 2.05) is 0 Å². The SMILES string of the molecule is COCCN(C(=O)CSc1nnc(C2CC2)n1C1CC1)[C@H]1CCS(=O)(=O)C1. The Morgan fingerprint density at radius 1 is 1.26 bits per heavy atom. The molecule has 2 saturated carbocycles. The molecule has 10 heteroatoms. The summed E-state index contributed by atoms with van der Waals surface area (Å²) in [6.07, 6.45) is 5.16. The van der Waals surface area contributed by atoms with Crippen LogP contribution in [0.3, 0.4) is 0 Å². The Balaban J connectivity index is 1.42. The number of thioether (sulfide) groups is 1. The lowest BCUT2D eigenvalue weighted by Gasteiger charge is -2.28. The third-order valence-electron chi connectivity index (χ3n) is 5.38. The van der Waals surface area contributed by atoms with Crippen molar-refractivity contribution in [3.8, 4) is 0 Å². The van der Waals surface area contributed by atoms with Crippen LogP contribution in [0.2, 0.25) is 0 Å². The zero-order chi connectivity index (χ0) is 19.0. The first-order valence-corrected chi connectivity index (χ1v) is 12.4. The second-order valence-electron chi connectivity index (χ2n) is 7.64. The van der Waals surface area contributed by atoms with Gasteiger partial charge in [0.05, 0.1) is 23.9 Å². The largest absolute Gasteiger partial charge is 0.383 e. The number of methoxy groups -OCH3 is 1. The molecule has 2 aliphatic carbocycles. The van der Waals surface area contributed by atoms with Crippen LogP contribution < -0.4 is 0 Å². The third kappa shape index (κ3) is 4.48. The van der Waals surface area contributed by atoms with Crippen molar-refractivity contribution in [2.75, 3.05) is 37.5 Å². The van der Waals surface area contributed by atoms with Gasteiger partial charge in [0.2, 0.25) is 5.91 Å². The summed E-state index contributed by atoms with van der Waals surface area (Å²) in [5.74, 6) is 2.00. The maximum Gasteiger partial charge on any atom is 0.233 e. The smallest absolute Gasteiger partial charge is 0.233 e. The van der Waals surface area contributed by atoms with E-state index in [1.54, 1.807) is 12.0 Å². The van der Waals surface area contributed by atoms with Gasteiger partial charge in [-0.25, -0.2) is 8.42 Å². The molecule has 0 bridgehead atoms. The van der Waals surface area contributed by atoms with Crippen LogP contribution in [-0.2, 0) is 19.4 Å². The molecule has 3 fully saturated rings. The van der Waals surface area contributed by atoms with Gasteiger partial charge in [0.25, 0.3) is 0 Å². The van der Waals surface area contributed by atoms with Gasteiger partial charge in [-0.05, 0) is 32.1 Å². The van der Waals surface area contributed by atoms with Crippen molar-refractivity contribution >= 4 is 27.5 Å². The summed E-state index contributed by atoms with van der Waals surface area (Å²) in [6, 6.07) is 0.236. The molecule has 1 saturated heterocycles. The molecule has 0 unspecified atom stereocenters. The first-order valence-electron chi connectivity index (χ1n) is 9.55. The van der Waals surface area contributed by atoms with Gasteiger partial charge in [-0.15, -0.1) is 10.2 Å². The molecule has 1 aromatic heterocycles. The highest BCUT2D eigenvalue weighted by molar-refractivity contribution is 7.99. The molecule has 0 spiro atoms. The zero-order valence-corrected chi connectivity index (χ0v) is 17.2. The molecule has 3 aliphatic rings. The highest BCUT2D eigenvalue weighted by Crippen LogP contribution is 2.46. The molecule has 0 radical (unpaired) electrons. The van der Waals surface area contributed by atoms with Crippen molar-refractivity contribution in [3.05, 3.63) is 5.82 Å². The van der Waals surface area contributed by atoms with Gasteiger partial charge >= 0.3 is 0 Å². The van der Waals surface area contributed by atoms with Crippen LogP contribution in [0.1, 0.15) is 49.9 Å². The van der Waals surface area contributed by atoms with Crippen molar-refractivity contribution in [1.82, 2.24) is 19.7 Å². The molecule has 1 aromatic rings. The Bertz CT molecular complexity index is 802. The lowest BCUT2D eigenvalue weighted by Crippen LogP contribution is -2.44.